The minimum Gasteiger partial charge on any atom is -0.318 e. The van der Waals surface area contributed by atoms with Crippen molar-refractivity contribution in [3.63, 3.8) is 0 Å². The first kappa shape index (κ1) is 11.2. The molecule has 16 heavy (non-hydrogen) atoms. The average Bonchev–Trinajstić information content (AvgIpc) is 2.66. The number of nitrogens with one attached hydrogen (secondary N) is 1. The highest BCUT2D eigenvalue weighted by atomic mass is 32.2. The maximum Gasteiger partial charge on any atom is 0.450 e. The van der Waals surface area contributed by atoms with E-state index < -0.39 is 6.09 Å². The minimum atomic E-state index is -1.23. The fourth-order valence-corrected chi connectivity index (χ4v) is 3.20. The van der Waals surface area contributed by atoms with Gasteiger partial charge in [0.05, 0.1) is 10.2 Å². The summed E-state index contributed by atoms with van der Waals surface area (Å²) >= 11 is 3.16. The molecule has 1 radical (unpaired) electrons. The van der Waals surface area contributed by atoms with Crippen molar-refractivity contribution in [1.29, 1.82) is 0 Å². The number of thiazole rings is 1. The van der Waals surface area contributed by atoms with Gasteiger partial charge < -0.3 is 5.32 Å². The molecule has 2 aromatic rings. The summed E-state index contributed by atoms with van der Waals surface area (Å²) in [5.74, 6) is 0.661. The van der Waals surface area contributed by atoms with Crippen molar-refractivity contribution < 1.29 is 9.90 Å². The van der Waals surface area contributed by atoms with Crippen LogP contribution in [0.3, 0.4) is 0 Å². The fourth-order valence-electron chi connectivity index (χ4n) is 1.20. The van der Waals surface area contributed by atoms with E-state index in [1.165, 1.54) is 0 Å². The van der Waals surface area contributed by atoms with E-state index in [0.717, 1.165) is 14.6 Å². The van der Waals surface area contributed by atoms with Gasteiger partial charge in [-0.1, -0.05) is 23.9 Å². The summed E-state index contributed by atoms with van der Waals surface area (Å²) in [4.78, 5) is 14.5. The largest absolute Gasteiger partial charge is 0.450 e. The van der Waals surface area contributed by atoms with Crippen LogP contribution in [-0.4, -0.2) is 23.4 Å². The smallest absolute Gasteiger partial charge is 0.318 e. The molecule has 1 N–H and O–H groups in total. The Labute approximate surface area is 101 Å². The molecule has 0 unspecified atom stereocenters. The molecule has 0 atom stereocenters. The van der Waals surface area contributed by atoms with Gasteiger partial charge in [0.25, 0.3) is 0 Å². The Kier molecular flexibility index (Phi) is 3.63. The minimum absolute atomic E-state index is 0.378. The number of hydrogen-bond donors (Lipinski definition) is 1. The molecule has 0 aliphatic heterocycles. The molecule has 0 fully saturated rings. The van der Waals surface area contributed by atoms with Crippen LogP contribution in [0.2, 0.25) is 0 Å². The number of carbonyl (C=O) groups is 1. The lowest BCUT2D eigenvalue weighted by molar-refractivity contribution is 0.169. The SMILES string of the molecule is [O]C(=O)NCCSc1nc2ccccc2s1. The molecule has 0 aliphatic rings. The number of rotatable bonds is 4. The zero-order valence-electron chi connectivity index (χ0n) is 8.30. The van der Waals surface area contributed by atoms with Gasteiger partial charge in [-0.05, 0) is 12.1 Å². The van der Waals surface area contributed by atoms with Gasteiger partial charge in [-0.3, -0.25) is 0 Å². The highest BCUT2D eigenvalue weighted by molar-refractivity contribution is 8.01. The number of fused-ring (bicyclic) bond motifs is 1. The molecular formula is C10H9N2O2S2. The van der Waals surface area contributed by atoms with E-state index in [0.29, 0.717) is 12.3 Å². The van der Waals surface area contributed by atoms with E-state index in [9.17, 15) is 9.90 Å². The Morgan fingerprint density at radius 3 is 3.00 bits per heavy atom. The maximum atomic E-state index is 10.1. The normalized spacial score (nSPS) is 10.5. The van der Waals surface area contributed by atoms with E-state index in [4.69, 9.17) is 0 Å². The second-order valence-corrected chi connectivity index (χ2v) is 5.38. The molecule has 2 rings (SSSR count). The number of hydrogen-bond acceptors (Lipinski definition) is 4. The van der Waals surface area contributed by atoms with E-state index in [-0.39, 0.29) is 0 Å². The van der Waals surface area contributed by atoms with Crippen molar-refractivity contribution in [1.82, 2.24) is 10.3 Å². The Hall–Kier alpha value is -1.27. The number of aromatic nitrogens is 1. The van der Waals surface area contributed by atoms with E-state index in [1.54, 1.807) is 23.1 Å². The molecule has 6 heteroatoms. The second kappa shape index (κ2) is 5.18. The summed E-state index contributed by atoms with van der Waals surface area (Å²) in [5.41, 5.74) is 0.989. The second-order valence-electron chi connectivity index (χ2n) is 3.01. The van der Waals surface area contributed by atoms with Crippen molar-refractivity contribution >= 4 is 39.4 Å². The maximum absolute atomic E-state index is 10.1. The summed E-state index contributed by atoms with van der Waals surface area (Å²) in [6.45, 7) is 0.378. The van der Waals surface area contributed by atoms with Crippen LogP contribution >= 0.6 is 23.1 Å². The monoisotopic (exact) mass is 253 g/mol. The zero-order valence-corrected chi connectivity index (χ0v) is 9.94. The highest BCUT2D eigenvalue weighted by Crippen LogP contribution is 2.28. The number of benzene rings is 1. The first-order valence-electron chi connectivity index (χ1n) is 4.69. The number of thioether (sulfide) groups is 1. The van der Waals surface area contributed by atoms with Gasteiger partial charge in [0.15, 0.2) is 4.34 Å². The average molecular weight is 253 g/mol. The number of carbonyl (C=O) groups excluding carboxylic acids is 1. The van der Waals surface area contributed by atoms with Crippen LogP contribution in [0.4, 0.5) is 4.79 Å². The first-order chi connectivity index (χ1) is 7.75. The molecular weight excluding hydrogens is 244 g/mol. The third-order valence-electron chi connectivity index (χ3n) is 1.87. The molecule has 1 aromatic heterocycles. The first-order valence-corrected chi connectivity index (χ1v) is 6.49. The quantitative estimate of drug-likeness (QED) is 0.672. The van der Waals surface area contributed by atoms with Crippen molar-refractivity contribution in [2.45, 2.75) is 4.34 Å². The summed E-state index contributed by atoms with van der Waals surface area (Å²) < 4.78 is 2.11. The predicted molar refractivity (Wildman–Crippen MR) is 64.4 cm³/mol. The fraction of sp³-hybridized carbons (Fsp3) is 0.200. The van der Waals surface area contributed by atoms with Gasteiger partial charge in [0.2, 0.25) is 0 Å². The summed E-state index contributed by atoms with van der Waals surface area (Å²) in [5, 5.41) is 12.3. The molecule has 0 bridgehead atoms. The van der Waals surface area contributed by atoms with Crippen LogP contribution in [0.25, 0.3) is 10.2 Å². The molecule has 0 spiro atoms. The summed E-state index contributed by atoms with van der Waals surface area (Å²) in [7, 11) is 0. The lowest BCUT2D eigenvalue weighted by Crippen LogP contribution is -2.22. The molecule has 0 saturated heterocycles. The van der Waals surface area contributed by atoms with Crippen molar-refractivity contribution in [3.05, 3.63) is 24.3 Å². The molecule has 4 nitrogen and oxygen atoms in total. The van der Waals surface area contributed by atoms with Gasteiger partial charge in [-0.25, -0.2) is 14.9 Å². The van der Waals surface area contributed by atoms with Crippen LogP contribution in [0.5, 0.6) is 0 Å². The van der Waals surface area contributed by atoms with Crippen LogP contribution in [0.1, 0.15) is 0 Å². The molecule has 1 heterocycles. The Bertz CT molecular complexity index is 465. The standard InChI is InChI=1S/C10H9N2O2S2/c13-9(14)11-5-6-15-10-12-7-3-1-2-4-8(7)16-10/h1-4,11H,5-6H2. The van der Waals surface area contributed by atoms with Gasteiger partial charge in [-0.2, -0.15) is 0 Å². The lowest BCUT2D eigenvalue weighted by Gasteiger charge is -1.96. The van der Waals surface area contributed by atoms with E-state index in [1.807, 2.05) is 24.3 Å². The molecule has 0 saturated carbocycles. The van der Waals surface area contributed by atoms with Crippen molar-refractivity contribution in [2.24, 2.45) is 0 Å². The zero-order chi connectivity index (χ0) is 11.4. The third-order valence-corrected chi connectivity index (χ3v) is 4.05. The van der Waals surface area contributed by atoms with Crippen LogP contribution in [-0.2, 0) is 5.11 Å². The Balaban J connectivity index is 1.92. The number of nitrogens with zero attached hydrogens (tertiary/aromatic N) is 1. The third kappa shape index (κ3) is 2.86. The van der Waals surface area contributed by atoms with E-state index in [2.05, 4.69) is 10.3 Å². The van der Waals surface area contributed by atoms with Gasteiger partial charge >= 0.3 is 6.09 Å². The summed E-state index contributed by atoms with van der Waals surface area (Å²) in [6, 6.07) is 7.92. The van der Waals surface area contributed by atoms with Gasteiger partial charge in [-0.15, -0.1) is 11.3 Å². The highest BCUT2D eigenvalue weighted by Gasteiger charge is 2.03. The van der Waals surface area contributed by atoms with Gasteiger partial charge in [0.1, 0.15) is 0 Å². The lowest BCUT2D eigenvalue weighted by atomic mass is 10.3. The van der Waals surface area contributed by atoms with E-state index >= 15 is 0 Å². The molecule has 0 aliphatic carbocycles. The van der Waals surface area contributed by atoms with Gasteiger partial charge in [0, 0.05) is 12.3 Å². The Morgan fingerprint density at radius 2 is 2.25 bits per heavy atom. The van der Waals surface area contributed by atoms with Crippen molar-refractivity contribution in [3.8, 4) is 0 Å². The van der Waals surface area contributed by atoms with Crippen LogP contribution in [0, 0.1) is 0 Å². The summed E-state index contributed by atoms with van der Waals surface area (Å²) in [6.07, 6.45) is -1.23. The van der Waals surface area contributed by atoms with Crippen LogP contribution < -0.4 is 5.32 Å². The molecule has 83 valence electrons. The molecule has 1 amide bonds. The predicted octanol–water partition coefficient (Wildman–Crippen LogP) is 2.53. The number of para-hydroxylation sites is 1. The number of amides is 1. The Morgan fingerprint density at radius 1 is 1.44 bits per heavy atom. The van der Waals surface area contributed by atoms with Crippen LogP contribution in [0.15, 0.2) is 28.6 Å². The van der Waals surface area contributed by atoms with Crippen molar-refractivity contribution in [2.75, 3.05) is 12.3 Å². The topological polar surface area (TPSA) is 61.9 Å². The molecule has 1 aromatic carbocycles.